The van der Waals surface area contributed by atoms with Gasteiger partial charge in [-0.1, -0.05) is 0 Å². The molecule has 0 radical (unpaired) electrons. The van der Waals surface area contributed by atoms with Gasteiger partial charge in [-0.25, -0.2) is 0 Å². The van der Waals surface area contributed by atoms with E-state index in [1.54, 1.807) is 0 Å². The molecule has 0 saturated carbocycles. The fourth-order valence-electron chi connectivity index (χ4n) is 2.45. The number of likely N-dealkylation sites (tertiary alicyclic amines) is 1. The molecule has 0 N–H and O–H groups in total. The summed E-state index contributed by atoms with van der Waals surface area (Å²) in [6.07, 6.45) is 1.69. The molecule has 0 amide bonds. The van der Waals surface area contributed by atoms with Gasteiger partial charge in [0.1, 0.15) is 0 Å². The van der Waals surface area contributed by atoms with E-state index in [4.69, 9.17) is 4.74 Å². The lowest BCUT2D eigenvalue weighted by molar-refractivity contribution is 0.0354. The molecule has 2 saturated heterocycles. The molecule has 0 aliphatic carbocycles. The molecular formula is C12H25N3O. The van der Waals surface area contributed by atoms with Crippen LogP contribution in [-0.2, 0) is 4.74 Å². The second-order valence-corrected chi connectivity index (χ2v) is 5.19. The largest absolute Gasteiger partial charge is 0.376 e. The zero-order valence-corrected chi connectivity index (χ0v) is 10.7. The van der Waals surface area contributed by atoms with Crippen LogP contribution in [-0.4, -0.2) is 87.3 Å². The van der Waals surface area contributed by atoms with E-state index in [9.17, 15) is 0 Å². The summed E-state index contributed by atoms with van der Waals surface area (Å²) in [4.78, 5) is 7.25. The Kier molecular flexibility index (Phi) is 4.58. The lowest BCUT2D eigenvalue weighted by atomic mass is 10.3. The molecule has 0 spiro atoms. The number of hydrogen-bond acceptors (Lipinski definition) is 4. The van der Waals surface area contributed by atoms with Crippen LogP contribution in [0.1, 0.15) is 6.42 Å². The van der Waals surface area contributed by atoms with E-state index in [1.165, 1.54) is 39.1 Å². The summed E-state index contributed by atoms with van der Waals surface area (Å²) in [7, 11) is 4.37. The molecule has 0 aromatic carbocycles. The van der Waals surface area contributed by atoms with Gasteiger partial charge in [-0.05, 0) is 20.5 Å². The normalized spacial score (nSPS) is 30.0. The first kappa shape index (κ1) is 12.3. The Morgan fingerprint density at radius 2 is 1.75 bits per heavy atom. The summed E-state index contributed by atoms with van der Waals surface area (Å²) in [6.45, 7) is 9.12. The zero-order chi connectivity index (χ0) is 11.4. The Balaban J connectivity index is 1.54. The molecular weight excluding hydrogens is 202 g/mol. The number of hydrogen-bond donors (Lipinski definition) is 0. The molecule has 16 heavy (non-hydrogen) atoms. The van der Waals surface area contributed by atoms with Gasteiger partial charge in [0, 0.05) is 45.8 Å². The van der Waals surface area contributed by atoms with Crippen molar-refractivity contribution < 1.29 is 4.74 Å². The van der Waals surface area contributed by atoms with Crippen LogP contribution in [0.5, 0.6) is 0 Å². The average Bonchev–Trinajstić information content (AvgIpc) is 2.67. The monoisotopic (exact) mass is 227 g/mol. The Bertz CT molecular complexity index is 204. The van der Waals surface area contributed by atoms with Crippen molar-refractivity contribution in [2.24, 2.45) is 0 Å². The first-order chi connectivity index (χ1) is 7.74. The van der Waals surface area contributed by atoms with Crippen LogP contribution in [0, 0.1) is 0 Å². The van der Waals surface area contributed by atoms with Crippen LogP contribution in [0.3, 0.4) is 0 Å². The smallest absolute Gasteiger partial charge is 0.0714 e. The lowest BCUT2D eigenvalue weighted by Gasteiger charge is -2.32. The Morgan fingerprint density at radius 3 is 2.38 bits per heavy atom. The average molecular weight is 227 g/mol. The van der Waals surface area contributed by atoms with Gasteiger partial charge in [-0.3, -0.25) is 4.90 Å². The standard InChI is InChI=1S/C12H25N3O/c1-13-5-7-15(8-6-13)9-10-16-12-3-4-14(2)11-12/h12H,3-11H2,1-2H3. The minimum atomic E-state index is 0.484. The molecule has 2 heterocycles. The minimum Gasteiger partial charge on any atom is -0.376 e. The predicted molar refractivity (Wildman–Crippen MR) is 65.8 cm³/mol. The Morgan fingerprint density at radius 1 is 1.00 bits per heavy atom. The topological polar surface area (TPSA) is 19.0 Å². The molecule has 0 aromatic rings. The summed E-state index contributed by atoms with van der Waals surface area (Å²) in [5, 5.41) is 0. The highest BCUT2D eigenvalue weighted by molar-refractivity contribution is 4.74. The van der Waals surface area contributed by atoms with Crippen molar-refractivity contribution >= 4 is 0 Å². The van der Waals surface area contributed by atoms with Crippen LogP contribution in [0.2, 0.25) is 0 Å². The van der Waals surface area contributed by atoms with Gasteiger partial charge in [-0.2, -0.15) is 0 Å². The zero-order valence-electron chi connectivity index (χ0n) is 10.7. The number of nitrogens with zero attached hydrogens (tertiary/aromatic N) is 3. The van der Waals surface area contributed by atoms with E-state index in [0.29, 0.717) is 6.10 Å². The van der Waals surface area contributed by atoms with Crippen LogP contribution >= 0.6 is 0 Å². The quantitative estimate of drug-likeness (QED) is 0.670. The van der Waals surface area contributed by atoms with Gasteiger partial charge in [-0.15, -0.1) is 0 Å². The van der Waals surface area contributed by atoms with E-state index < -0.39 is 0 Å². The van der Waals surface area contributed by atoms with E-state index in [0.717, 1.165) is 19.7 Å². The summed E-state index contributed by atoms with van der Waals surface area (Å²) in [6, 6.07) is 0. The van der Waals surface area contributed by atoms with Crippen molar-refractivity contribution in [3.05, 3.63) is 0 Å². The van der Waals surface area contributed by atoms with Crippen LogP contribution in [0.25, 0.3) is 0 Å². The van der Waals surface area contributed by atoms with E-state index in [-0.39, 0.29) is 0 Å². The third-order valence-corrected chi connectivity index (χ3v) is 3.71. The van der Waals surface area contributed by atoms with Gasteiger partial charge < -0.3 is 14.5 Å². The first-order valence-corrected chi connectivity index (χ1v) is 6.45. The third-order valence-electron chi connectivity index (χ3n) is 3.71. The number of rotatable bonds is 4. The molecule has 2 fully saturated rings. The summed E-state index contributed by atoms with van der Waals surface area (Å²) in [5.41, 5.74) is 0. The van der Waals surface area contributed by atoms with Crippen molar-refractivity contribution in [1.29, 1.82) is 0 Å². The second-order valence-electron chi connectivity index (χ2n) is 5.19. The SMILES string of the molecule is CN1CCN(CCOC2CCN(C)C2)CC1. The number of likely N-dealkylation sites (N-methyl/N-ethyl adjacent to an activating group) is 2. The van der Waals surface area contributed by atoms with Crippen LogP contribution in [0.4, 0.5) is 0 Å². The van der Waals surface area contributed by atoms with Crippen LogP contribution in [0.15, 0.2) is 0 Å². The number of piperazine rings is 1. The molecule has 1 atom stereocenters. The van der Waals surface area contributed by atoms with Crippen molar-refractivity contribution in [3.8, 4) is 0 Å². The van der Waals surface area contributed by atoms with Crippen LogP contribution < -0.4 is 0 Å². The van der Waals surface area contributed by atoms with Gasteiger partial charge in [0.25, 0.3) is 0 Å². The predicted octanol–water partition coefficient (Wildman–Crippen LogP) is -0.0455. The molecule has 1 unspecified atom stereocenters. The van der Waals surface area contributed by atoms with Gasteiger partial charge in [0.05, 0.1) is 12.7 Å². The fraction of sp³-hybridized carbons (Fsp3) is 1.00. The highest BCUT2D eigenvalue weighted by Gasteiger charge is 2.20. The van der Waals surface area contributed by atoms with Gasteiger partial charge >= 0.3 is 0 Å². The molecule has 94 valence electrons. The third kappa shape index (κ3) is 3.70. The van der Waals surface area contributed by atoms with Crippen molar-refractivity contribution in [2.75, 3.05) is 66.5 Å². The Hall–Kier alpha value is -0.160. The van der Waals surface area contributed by atoms with E-state index >= 15 is 0 Å². The molecule has 0 bridgehead atoms. The van der Waals surface area contributed by atoms with Crippen molar-refractivity contribution in [2.45, 2.75) is 12.5 Å². The fourth-order valence-corrected chi connectivity index (χ4v) is 2.45. The first-order valence-electron chi connectivity index (χ1n) is 6.45. The van der Waals surface area contributed by atoms with Gasteiger partial charge in [0.15, 0.2) is 0 Å². The summed E-state index contributed by atoms with van der Waals surface area (Å²) < 4.78 is 5.91. The van der Waals surface area contributed by atoms with Gasteiger partial charge in [0.2, 0.25) is 0 Å². The second kappa shape index (κ2) is 5.96. The molecule has 4 nitrogen and oxygen atoms in total. The van der Waals surface area contributed by atoms with E-state index in [1.807, 2.05) is 0 Å². The van der Waals surface area contributed by atoms with Crippen molar-refractivity contribution in [1.82, 2.24) is 14.7 Å². The maximum atomic E-state index is 5.91. The van der Waals surface area contributed by atoms with Crippen molar-refractivity contribution in [3.63, 3.8) is 0 Å². The lowest BCUT2D eigenvalue weighted by Crippen LogP contribution is -2.45. The number of ether oxygens (including phenoxy) is 1. The summed E-state index contributed by atoms with van der Waals surface area (Å²) >= 11 is 0. The molecule has 2 aliphatic rings. The highest BCUT2D eigenvalue weighted by Crippen LogP contribution is 2.10. The molecule has 4 heteroatoms. The Labute approximate surface area is 99.1 Å². The summed E-state index contributed by atoms with van der Waals surface area (Å²) in [5.74, 6) is 0. The highest BCUT2D eigenvalue weighted by atomic mass is 16.5. The molecule has 0 aromatic heterocycles. The minimum absolute atomic E-state index is 0.484. The molecule has 2 aliphatic heterocycles. The maximum absolute atomic E-state index is 5.91. The molecule has 2 rings (SSSR count). The van der Waals surface area contributed by atoms with E-state index in [2.05, 4.69) is 28.8 Å². The maximum Gasteiger partial charge on any atom is 0.0714 e.